The molecule has 0 nitrogen and oxygen atoms in total. The molecule has 0 aliphatic carbocycles. The Morgan fingerprint density at radius 1 is 1.23 bits per heavy atom. The molecule has 0 aromatic carbocycles. The lowest BCUT2D eigenvalue weighted by Crippen LogP contribution is -2.09. The van der Waals surface area contributed by atoms with E-state index in [4.69, 9.17) is 6.42 Å². The molecule has 0 heteroatoms. The molecule has 0 N–H and O–H groups in total. The second kappa shape index (κ2) is 5.35. The van der Waals surface area contributed by atoms with Crippen LogP contribution in [-0.4, -0.2) is 0 Å². The molecule has 0 amide bonds. The quantitative estimate of drug-likeness (QED) is 0.539. The van der Waals surface area contributed by atoms with Crippen LogP contribution in [0.25, 0.3) is 0 Å². The summed E-state index contributed by atoms with van der Waals surface area (Å²) in [5.41, 5.74) is 0.327. The van der Waals surface area contributed by atoms with Gasteiger partial charge >= 0.3 is 0 Å². The fourth-order valence-corrected chi connectivity index (χ4v) is 1.20. The van der Waals surface area contributed by atoms with Gasteiger partial charge in [-0.25, -0.2) is 0 Å². The molecule has 0 heterocycles. The summed E-state index contributed by atoms with van der Waals surface area (Å²) in [5.74, 6) is 13.5. The van der Waals surface area contributed by atoms with Crippen molar-refractivity contribution < 1.29 is 7.13 Å². The molecule has 0 fully saturated rings. The van der Waals surface area contributed by atoms with E-state index in [1.165, 1.54) is 0 Å². The van der Waals surface area contributed by atoms with Crippen LogP contribution in [0.2, 0.25) is 0 Å². The standard InChI is InChI=1S/C13H16.5H2/c1-6-7-8-9-10-12(2)11-13(3,4)5;;;;;/h1,12H,11H2,2-5H3;5*1H. The molecule has 0 radical (unpaired) electrons. The molecule has 0 aliphatic rings. The number of hydrogen-bond donors (Lipinski definition) is 0. The maximum Gasteiger partial charge on any atom is 0.0189 e. The molecule has 1 unspecified atom stereocenters. The molecule has 0 aliphatic heterocycles. The summed E-state index contributed by atoms with van der Waals surface area (Å²) in [6, 6.07) is 0. The van der Waals surface area contributed by atoms with Crippen molar-refractivity contribution in [3.05, 3.63) is 0 Å². The second-order valence-electron chi connectivity index (χ2n) is 4.33. The van der Waals surface area contributed by atoms with Gasteiger partial charge in [-0.2, -0.15) is 0 Å². The predicted octanol–water partition coefficient (Wildman–Crippen LogP) is 3.93. The van der Waals surface area contributed by atoms with Crippen molar-refractivity contribution in [1.82, 2.24) is 0 Å². The van der Waals surface area contributed by atoms with Gasteiger partial charge in [-0.3, -0.25) is 0 Å². The van der Waals surface area contributed by atoms with Crippen LogP contribution in [0.15, 0.2) is 0 Å². The highest BCUT2D eigenvalue weighted by Gasteiger charge is 2.12. The van der Waals surface area contributed by atoms with Gasteiger partial charge < -0.3 is 0 Å². The van der Waals surface area contributed by atoms with Crippen LogP contribution in [0.3, 0.4) is 0 Å². The molecular weight excluding hydrogens is 156 g/mol. The summed E-state index contributed by atoms with van der Waals surface area (Å²) in [6.45, 7) is 8.73. The molecule has 0 aromatic rings. The lowest BCUT2D eigenvalue weighted by Gasteiger charge is -2.19. The first-order valence-corrected chi connectivity index (χ1v) is 4.42. The Hall–Kier alpha value is -1.32. The Morgan fingerprint density at radius 2 is 1.85 bits per heavy atom. The van der Waals surface area contributed by atoms with E-state index in [0.717, 1.165) is 6.42 Å². The average Bonchev–Trinajstić information content (AvgIpc) is 1.94. The monoisotopic (exact) mass is 182 g/mol. The maximum atomic E-state index is 4.96. The lowest BCUT2D eigenvalue weighted by atomic mass is 9.86. The van der Waals surface area contributed by atoms with E-state index in [2.05, 4.69) is 57.3 Å². The SMILES string of the molecule is C#CC#CC#CC(C)CC(C)(C)C.[HH].[HH].[HH].[HH].[HH]. The van der Waals surface area contributed by atoms with Crippen molar-refractivity contribution in [1.29, 1.82) is 0 Å². The summed E-state index contributed by atoms with van der Waals surface area (Å²) >= 11 is 0. The van der Waals surface area contributed by atoms with Crippen molar-refractivity contribution >= 4 is 0 Å². The van der Waals surface area contributed by atoms with E-state index in [-0.39, 0.29) is 7.13 Å². The topological polar surface area (TPSA) is 0 Å². The Labute approximate surface area is 89.5 Å². The van der Waals surface area contributed by atoms with E-state index < -0.39 is 0 Å². The molecule has 1 atom stereocenters. The fraction of sp³-hybridized carbons (Fsp3) is 0.538. The number of terminal acetylenes is 1. The lowest BCUT2D eigenvalue weighted by molar-refractivity contribution is 0.342. The zero-order valence-corrected chi connectivity index (χ0v) is 8.86. The van der Waals surface area contributed by atoms with Crippen molar-refractivity contribution in [3.63, 3.8) is 0 Å². The Balaban J connectivity index is -0.0000000720. The minimum Gasteiger partial charge on any atom is -0.106 e. The third-order valence-electron chi connectivity index (χ3n) is 1.43. The molecular formula is C13H26. The Morgan fingerprint density at radius 3 is 2.31 bits per heavy atom. The summed E-state index contributed by atoms with van der Waals surface area (Å²) < 4.78 is 0. The molecule has 13 heavy (non-hydrogen) atoms. The van der Waals surface area contributed by atoms with Gasteiger partial charge in [0.1, 0.15) is 0 Å². The summed E-state index contributed by atoms with van der Waals surface area (Å²) in [5, 5.41) is 0. The highest BCUT2D eigenvalue weighted by atomic mass is 14.2. The van der Waals surface area contributed by atoms with E-state index in [0.29, 0.717) is 11.3 Å². The van der Waals surface area contributed by atoms with Gasteiger partial charge in [-0.05, 0) is 35.5 Å². The largest absolute Gasteiger partial charge is 0.106 e. The molecule has 0 bridgehead atoms. The fourth-order valence-electron chi connectivity index (χ4n) is 1.20. The van der Waals surface area contributed by atoms with Crippen LogP contribution in [-0.2, 0) is 0 Å². The van der Waals surface area contributed by atoms with Crippen LogP contribution in [0.4, 0.5) is 0 Å². The third-order valence-corrected chi connectivity index (χ3v) is 1.43. The van der Waals surface area contributed by atoms with E-state index in [1.807, 2.05) is 0 Å². The molecule has 0 saturated carbocycles. The van der Waals surface area contributed by atoms with Crippen LogP contribution >= 0.6 is 0 Å². The zero-order chi connectivity index (χ0) is 10.3. The predicted molar refractivity (Wildman–Crippen MR) is 68.2 cm³/mol. The van der Waals surface area contributed by atoms with Gasteiger partial charge in [0.25, 0.3) is 0 Å². The first kappa shape index (κ1) is 11.7. The van der Waals surface area contributed by atoms with Crippen LogP contribution in [0.1, 0.15) is 41.2 Å². The normalized spacial score (nSPS) is 11.3. The first-order chi connectivity index (χ1) is 5.95. The van der Waals surface area contributed by atoms with Crippen molar-refractivity contribution in [2.24, 2.45) is 11.3 Å². The van der Waals surface area contributed by atoms with Crippen molar-refractivity contribution in [2.75, 3.05) is 0 Å². The smallest absolute Gasteiger partial charge is 0.0189 e. The highest BCUT2D eigenvalue weighted by Crippen LogP contribution is 2.23. The second-order valence-corrected chi connectivity index (χ2v) is 4.33. The van der Waals surface area contributed by atoms with Crippen LogP contribution in [0.5, 0.6) is 0 Å². The summed E-state index contributed by atoms with van der Waals surface area (Å²) in [6.07, 6.45) is 6.04. The minimum absolute atomic E-state index is 0. The summed E-state index contributed by atoms with van der Waals surface area (Å²) in [4.78, 5) is 0. The molecule has 0 rings (SSSR count). The van der Waals surface area contributed by atoms with Crippen molar-refractivity contribution in [2.45, 2.75) is 34.1 Å². The van der Waals surface area contributed by atoms with Gasteiger partial charge in [0.15, 0.2) is 0 Å². The van der Waals surface area contributed by atoms with Crippen LogP contribution < -0.4 is 0 Å². The molecule has 0 aromatic heterocycles. The number of hydrogen-bond acceptors (Lipinski definition) is 0. The van der Waals surface area contributed by atoms with Crippen LogP contribution in [0, 0.1) is 47.4 Å². The Bertz CT molecular complexity index is 314. The van der Waals surface area contributed by atoms with Gasteiger partial charge in [-0.1, -0.05) is 33.6 Å². The first-order valence-electron chi connectivity index (χ1n) is 4.42. The Kier molecular flexibility index (Phi) is 4.80. The zero-order valence-electron chi connectivity index (χ0n) is 8.86. The van der Waals surface area contributed by atoms with Gasteiger partial charge in [0.2, 0.25) is 0 Å². The van der Waals surface area contributed by atoms with E-state index >= 15 is 0 Å². The summed E-state index contributed by atoms with van der Waals surface area (Å²) in [7, 11) is 0. The van der Waals surface area contributed by atoms with Crippen molar-refractivity contribution in [3.8, 4) is 36.0 Å². The van der Waals surface area contributed by atoms with E-state index in [1.54, 1.807) is 0 Å². The highest BCUT2D eigenvalue weighted by molar-refractivity contribution is 5.34. The van der Waals surface area contributed by atoms with Gasteiger partial charge in [0, 0.05) is 13.1 Å². The van der Waals surface area contributed by atoms with Gasteiger partial charge in [-0.15, -0.1) is 6.42 Å². The number of rotatable bonds is 1. The molecule has 0 saturated heterocycles. The maximum absolute atomic E-state index is 4.96. The molecule has 78 valence electrons. The third kappa shape index (κ3) is 8.59. The minimum atomic E-state index is 0. The van der Waals surface area contributed by atoms with E-state index in [9.17, 15) is 0 Å². The average molecular weight is 182 g/mol. The van der Waals surface area contributed by atoms with Gasteiger partial charge in [0.05, 0.1) is 0 Å². The molecule has 0 spiro atoms.